The molecule has 2 aromatic carbocycles. The van der Waals surface area contributed by atoms with Gasteiger partial charge in [-0.05, 0) is 86.7 Å². The number of urea groups is 1. The molecule has 0 unspecified atom stereocenters. The molecule has 0 saturated carbocycles. The second-order valence-electron chi connectivity index (χ2n) is 5.80. The first kappa shape index (κ1) is 19.9. The first-order valence-electron chi connectivity index (χ1n) is 8.10. The largest absolute Gasteiger partial charge is 0.488 e. The Labute approximate surface area is 184 Å². The van der Waals surface area contributed by atoms with Crippen molar-refractivity contribution in [1.82, 2.24) is 10.2 Å². The number of hydrogen-bond donors (Lipinski definition) is 1. The van der Waals surface area contributed by atoms with Crippen molar-refractivity contribution in [1.29, 1.82) is 0 Å². The lowest BCUT2D eigenvalue weighted by Crippen LogP contribution is -2.30. The van der Waals surface area contributed by atoms with Crippen LogP contribution in [-0.2, 0) is 11.4 Å². The van der Waals surface area contributed by atoms with Crippen molar-refractivity contribution in [2.75, 3.05) is 6.54 Å². The molecule has 0 atom stereocenters. The molecule has 1 N–H and O–H groups in total. The van der Waals surface area contributed by atoms with Crippen molar-refractivity contribution in [3.63, 3.8) is 0 Å². The average molecular weight is 586 g/mol. The number of nitrogens with zero attached hydrogens (tertiary/aromatic N) is 1. The fourth-order valence-electron chi connectivity index (χ4n) is 2.50. The van der Waals surface area contributed by atoms with Crippen molar-refractivity contribution < 1.29 is 14.3 Å². The molecule has 0 bridgehead atoms. The van der Waals surface area contributed by atoms with Crippen LogP contribution in [0.5, 0.6) is 5.75 Å². The molecule has 2 aromatic rings. The van der Waals surface area contributed by atoms with Gasteiger partial charge in [0.05, 0.1) is 3.57 Å². The Hall–Kier alpha value is -1.88. The Morgan fingerprint density at radius 1 is 1.11 bits per heavy atom. The number of benzene rings is 2. The highest BCUT2D eigenvalue weighted by Gasteiger charge is 2.32. The maximum Gasteiger partial charge on any atom is 0.329 e. The van der Waals surface area contributed by atoms with Gasteiger partial charge in [-0.3, -0.25) is 9.69 Å². The van der Waals surface area contributed by atoms with Gasteiger partial charge in [-0.1, -0.05) is 24.3 Å². The van der Waals surface area contributed by atoms with Crippen LogP contribution < -0.4 is 10.1 Å². The first-order chi connectivity index (χ1) is 13.0. The molecule has 138 valence electrons. The van der Waals surface area contributed by atoms with Gasteiger partial charge in [-0.15, -0.1) is 6.58 Å². The van der Waals surface area contributed by atoms with Crippen LogP contribution in [0, 0.1) is 7.14 Å². The summed E-state index contributed by atoms with van der Waals surface area (Å²) < 4.78 is 8.00. The van der Waals surface area contributed by atoms with Crippen LogP contribution in [0.3, 0.4) is 0 Å². The lowest BCUT2D eigenvalue weighted by molar-refractivity contribution is -0.122. The van der Waals surface area contributed by atoms with E-state index < -0.39 is 6.03 Å². The van der Waals surface area contributed by atoms with Gasteiger partial charge in [0.1, 0.15) is 18.1 Å². The van der Waals surface area contributed by atoms with Crippen LogP contribution in [0.4, 0.5) is 4.79 Å². The van der Waals surface area contributed by atoms with Crippen LogP contribution >= 0.6 is 45.2 Å². The smallest absolute Gasteiger partial charge is 0.329 e. The maximum atomic E-state index is 12.2. The van der Waals surface area contributed by atoms with Gasteiger partial charge in [0.2, 0.25) is 0 Å². The lowest BCUT2D eigenvalue weighted by atomic mass is 10.2. The third kappa shape index (κ3) is 4.89. The predicted molar refractivity (Wildman–Crippen MR) is 121 cm³/mol. The molecule has 27 heavy (non-hydrogen) atoms. The van der Waals surface area contributed by atoms with E-state index in [-0.39, 0.29) is 18.1 Å². The molecular formula is C20H16I2N2O3. The van der Waals surface area contributed by atoms with Crippen LogP contribution in [0.25, 0.3) is 6.08 Å². The molecule has 0 radical (unpaired) electrons. The second-order valence-corrected chi connectivity index (χ2v) is 8.21. The fraction of sp³-hybridized carbons (Fsp3) is 0.100. The molecule has 1 heterocycles. The molecular weight excluding hydrogens is 570 g/mol. The number of nitrogens with one attached hydrogen (secondary N) is 1. The lowest BCUT2D eigenvalue weighted by Gasteiger charge is -2.09. The van der Waals surface area contributed by atoms with Crippen molar-refractivity contribution in [3.05, 3.63) is 79.1 Å². The number of carbonyl (C=O) groups is 2. The van der Waals surface area contributed by atoms with Crippen molar-refractivity contribution >= 4 is 63.2 Å². The van der Waals surface area contributed by atoms with E-state index in [1.807, 2.05) is 42.5 Å². The predicted octanol–water partition coefficient (Wildman–Crippen LogP) is 4.55. The molecule has 5 nitrogen and oxygen atoms in total. The Bertz CT molecular complexity index is 923. The summed E-state index contributed by atoms with van der Waals surface area (Å²) in [4.78, 5) is 25.2. The number of halogens is 2. The summed E-state index contributed by atoms with van der Waals surface area (Å²) in [5.74, 6) is 0.417. The number of imide groups is 1. The number of carbonyl (C=O) groups excluding carboxylic acids is 2. The van der Waals surface area contributed by atoms with E-state index in [1.165, 1.54) is 9.65 Å². The molecule has 1 saturated heterocycles. The van der Waals surface area contributed by atoms with Gasteiger partial charge in [-0.2, -0.15) is 0 Å². The average Bonchev–Trinajstić information content (AvgIpc) is 2.90. The molecule has 1 aliphatic heterocycles. The SMILES string of the molecule is C=CCN1C(=O)N/C(=C/c2ccc(OCc3ccc(I)cc3)c(I)c2)C1=O. The van der Waals surface area contributed by atoms with E-state index in [4.69, 9.17) is 4.74 Å². The van der Waals surface area contributed by atoms with Gasteiger partial charge in [0.15, 0.2) is 0 Å². The van der Waals surface area contributed by atoms with E-state index in [0.29, 0.717) is 6.61 Å². The van der Waals surface area contributed by atoms with Crippen molar-refractivity contribution in [2.24, 2.45) is 0 Å². The molecule has 1 aliphatic rings. The Kier molecular flexibility index (Phi) is 6.53. The van der Waals surface area contributed by atoms with Gasteiger partial charge >= 0.3 is 6.03 Å². The highest BCUT2D eigenvalue weighted by Crippen LogP contribution is 2.25. The van der Waals surface area contributed by atoms with Crippen LogP contribution in [0.2, 0.25) is 0 Å². The van der Waals surface area contributed by atoms with E-state index in [9.17, 15) is 9.59 Å². The van der Waals surface area contributed by atoms with Crippen LogP contribution in [0.15, 0.2) is 60.8 Å². The third-order valence-electron chi connectivity index (χ3n) is 3.85. The molecule has 0 aromatic heterocycles. The molecule has 7 heteroatoms. The highest BCUT2D eigenvalue weighted by molar-refractivity contribution is 14.1. The summed E-state index contributed by atoms with van der Waals surface area (Å²) >= 11 is 4.46. The van der Waals surface area contributed by atoms with Gasteiger partial charge in [0, 0.05) is 10.1 Å². The van der Waals surface area contributed by atoms with Crippen molar-refractivity contribution in [3.8, 4) is 5.75 Å². The van der Waals surface area contributed by atoms with E-state index in [1.54, 1.807) is 6.08 Å². The Balaban J connectivity index is 1.71. The van der Waals surface area contributed by atoms with Gasteiger partial charge < -0.3 is 10.1 Å². The molecule has 3 amide bonds. The minimum atomic E-state index is -0.432. The number of ether oxygens (including phenoxy) is 1. The fourth-order valence-corrected chi connectivity index (χ4v) is 3.55. The summed E-state index contributed by atoms with van der Waals surface area (Å²) in [5.41, 5.74) is 2.16. The first-order valence-corrected chi connectivity index (χ1v) is 10.3. The maximum absolute atomic E-state index is 12.2. The zero-order valence-electron chi connectivity index (χ0n) is 14.2. The van der Waals surface area contributed by atoms with Gasteiger partial charge in [0.25, 0.3) is 5.91 Å². The summed E-state index contributed by atoms with van der Waals surface area (Å²) in [5, 5.41) is 2.59. The van der Waals surface area contributed by atoms with Gasteiger partial charge in [-0.25, -0.2) is 4.79 Å². The summed E-state index contributed by atoms with van der Waals surface area (Å²) in [6.45, 7) is 4.23. The van der Waals surface area contributed by atoms with Crippen LogP contribution in [0.1, 0.15) is 11.1 Å². The summed E-state index contributed by atoms with van der Waals surface area (Å²) in [6, 6.07) is 13.4. The quantitative estimate of drug-likeness (QED) is 0.234. The minimum Gasteiger partial charge on any atom is -0.488 e. The monoisotopic (exact) mass is 586 g/mol. The summed E-state index contributed by atoms with van der Waals surface area (Å²) in [6.07, 6.45) is 3.18. The molecule has 3 rings (SSSR count). The van der Waals surface area contributed by atoms with Crippen molar-refractivity contribution in [2.45, 2.75) is 6.61 Å². The normalized spacial score (nSPS) is 15.2. The summed E-state index contributed by atoms with van der Waals surface area (Å²) in [7, 11) is 0. The molecule has 0 spiro atoms. The molecule has 1 fully saturated rings. The standard InChI is InChI=1S/C20H16I2N2O3/c1-2-9-24-19(25)17(23-20(24)26)11-14-5-8-18(16(22)10-14)27-12-13-3-6-15(21)7-4-13/h2-8,10-11H,1,9,12H2,(H,23,26)/b17-11+. The zero-order chi connectivity index (χ0) is 19.4. The third-order valence-corrected chi connectivity index (χ3v) is 5.41. The Morgan fingerprint density at radius 3 is 2.52 bits per heavy atom. The van der Waals surface area contributed by atoms with E-state index in [0.717, 1.165) is 25.3 Å². The number of hydrogen-bond acceptors (Lipinski definition) is 3. The van der Waals surface area contributed by atoms with E-state index in [2.05, 4.69) is 57.1 Å². The Morgan fingerprint density at radius 2 is 1.85 bits per heavy atom. The second kappa shape index (κ2) is 8.87. The minimum absolute atomic E-state index is 0.185. The van der Waals surface area contributed by atoms with E-state index >= 15 is 0 Å². The topological polar surface area (TPSA) is 58.6 Å². The number of amides is 3. The molecule has 0 aliphatic carbocycles. The number of rotatable bonds is 6. The zero-order valence-corrected chi connectivity index (χ0v) is 18.6. The highest BCUT2D eigenvalue weighted by atomic mass is 127. The van der Waals surface area contributed by atoms with Crippen LogP contribution in [-0.4, -0.2) is 23.4 Å².